The third-order valence-corrected chi connectivity index (χ3v) is 5.22. The van der Waals surface area contributed by atoms with Crippen molar-refractivity contribution in [2.45, 2.75) is 27.2 Å². The van der Waals surface area contributed by atoms with Crippen molar-refractivity contribution in [1.82, 2.24) is 4.98 Å². The van der Waals surface area contributed by atoms with Gasteiger partial charge in [0.05, 0.1) is 5.69 Å². The first kappa shape index (κ1) is 19.6. The van der Waals surface area contributed by atoms with Gasteiger partial charge in [-0.15, -0.1) is 0 Å². The predicted octanol–water partition coefficient (Wildman–Crippen LogP) is 5.22. The minimum Gasteiger partial charge on any atom is -0.321 e. The zero-order valence-electron chi connectivity index (χ0n) is 16.0. The standard InChI is InChI=1S/C21H22N4O2S/c1-4-15-7-11-16(12-8-15)23-19(26)18-14(3)22-21(28-18)25-20(27)24-17-9-5-13(2)6-10-17/h5-12H,4H2,1-3H3,(H,23,26)(H2,22,24,25,27). The second kappa shape index (κ2) is 8.67. The molecule has 7 heteroatoms. The summed E-state index contributed by atoms with van der Waals surface area (Å²) < 4.78 is 0. The minimum absolute atomic E-state index is 0.244. The number of hydrogen-bond donors (Lipinski definition) is 3. The highest BCUT2D eigenvalue weighted by Crippen LogP contribution is 2.24. The maximum Gasteiger partial charge on any atom is 0.325 e. The Morgan fingerprint density at radius 3 is 2.14 bits per heavy atom. The van der Waals surface area contributed by atoms with E-state index in [2.05, 4.69) is 27.9 Å². The summed E-state index contributed by atoms with van der Waals surface area (Å²) >= 11 is 1.14. The smallest absolute Gasteiger partial charge is 0.321 e. The van der Waals surface area contributed by atoms with Crippen molar-refractivity contribution in [2.24, 2.45) is 0 Å². The van der Waals surface area contributed by atoms with E-state index in [0.29, 0.717) is 21.4 Å². The van der Waals surface area contributed by atoms with Crippen molar-refractivity contribution in [3.05, 3.63) is 70.2 Å². The van der Waals surface area contributed by atoms with E-state index in [1.165, 1.54) is 5.56 Å². The van der Waals surface area contributed by atoms with E-state index < -0.39 is 6.03 Å². The number of carbonyl (C=O) groups is 2. The molecular weight excluding hydrogens is 372 g/mol. The summed E-state index contributed by atoms with van der Waals surface area (Å²) in [5.74, 6) is -0.244. The Morgan fingerprint density at radius 2 is 1.50 bits per heavy atom. The lowest BCUT2D eigenvalue weighted by molar-refractivity contribution is 0.103. The maximum absolute atomic E-state index is 12.5. The summed E-state index contributed by atoms with van der Waals surface area (Å²) in [6.45, 7) is 5.80. The van der Waals surface area contributed by atoms with Gasteiger partial charge in [0.1, 0.15) is 4.88 Å². The van der Waals surface area contributed by atoms with Crippen LogP contribution in [-0.2, 0) is 6.42 Å². The van der Waals surface area contributed by atoms with Crippen LogP contribution in [0.2, 0.25) is 0 Å². The van der Waals surface area contributed by atoms with Crippen LogP contribution in [0.25, 0.3) is 0 Å². The lowest BCUT2D eigenvalue weighted by atomic mass is 10.1. The number of thiazole rings is 1. The summed E-state index contributed by atoms with van der Waals surface area (Å²) in [5.41, 5.74) is 4.30. The second-order valence-corrected chi connectivity index (χ2v) is 7.38. The molecule has 0 aliphatic rings. The van der Waals surface area contributed by atoms with Crippen molar-refractivity contribution >= 4 is 39.8 Å². The maximum atomic E-state index is 12.5. The average Bonchev–Trinajstić information content (AvgIpc) is 3.04. The van der Waals surface area contributed by atoms with Crippen molar-refractivity contribution < 1.29 is 9.59 Å². The van der Waals surface area contributed by atoms with E-state index in [-0.39, 0.29) is 5.91 Å². The number of hydrogen-bond acceptors (Lipinski definition) is 4. The van der Waals surface area contributed by atoms with Crippen LogP contribution in [0.4, 0.5) is 21.3 Å². The Hall–Kier alpha value is -3.19. The van der Waals surface area contributed by atoms with Crippen molar-refractivity contribution in [3.63, 3.8) is 0 Å². The van der Waals surface area contributed by atoms with Crippen LogP contribution >= 0.6 is 11.3 Å². The van der Waals surface area contributed by atoms with Gasteiger partial charge in [-0.25, -0.2) is 9.78 Å². The predicted molar refractivity (Wildman–Crippen MR) is 114 cm³/mol. The van der Waals surface area contributed by atoms with Crippen LogP contribution < -0.4 is 16.0 Å². The fourth-order valence-electron chi connectivity index (χ4n) is 2.57. The molecule has 0 saturated heterocycles. The second-order valence-electron chi connectivity index (χ2n) is 6.38. The molecule has 144 valence electrons. The van der Waals surface area contributed by atoms with Gasteiger partial charge in [-0.05, 0) is 50.1 Å². The number of urea groups is 1. The minimum atomic E-state index is -0.403. The molecule has 3 aromatic rings. The van der Waals surface area contributed by atoms with E-state index in [9.17, 15) is 9.59 Å². The molecule has 3 amide bonds. The molecule has 0 aliphatic carbocycles. The molecule has 0 fully saturated rings. The van der Waals surface area contributed by atoms with E-state index >= 15 is 0 Å². The molecule has 0 spiro atoms. The zero-order valence-corrected chi connectivity index (χ0v) is 16.8. The molecule has 0 unspecified atom stereocenters. The zero-order chi connectivity index (χ0) is 20.1. The summed E-state index contributed by atoms with van der Waals surface area (Å²) in [4.78, 5) is 29.4. The van der Waals surface area contributed by atoms with Gasteiger partial charge in [0.15, 0.2) is 5.13 Å². The molecule has 28 heavy (non-hydrogen) atoms. The van der Waals surface area contributed by atoms with Crippen LogP contribution in [0.5, 0.6) is 0 Å². The molecule has 3 N–H and O–H groups in total. The SMILES string of the molecule is CCc1ccc(NC(=O)c2sc(NC(=O)Nc3ccc(C)cc3)nc2C)cc1. The normalized spacial score (nSPS) is 10.4. The number of carbonyl (C=O) groups excluding carboxylic acids is 2. The number of benzene rings is 2. The van der Waals surface area contributed by atoms with Gasteiger partial charge in [0.25, 0.3) is 5.91 Å². The summed E-state index contributed by atoms with van der Waals surface area (Å²) in [5, 5.41) is 8.65. The van der Waals surface area contributed by atoms with Crippen molar-refractivity contribution in [1.29, 1.82) is 0 Å². The van der Waals surface area contributed by atoms with Gasteiger partial charge < -0.3 is 10.6 Å². The molecule has 2 aromatic carbocycles. The highest BCUT2D eigenvalue weighted by molar-refractivity contribution is 7.17. The Labute approximate surface area is 168 Å². The number of nitrogens with zero attached hydrogens (tertiary/aromatic N) is 1. The van der Waals surface area contributed by atoms with E-state index in [4.69, 9.17) is 0 Å². The van der Waals surface area contributed by atoms with E-state index in [0.717, 1.165) is 29.0 Å². The third-order valence-electron chi connectivity index (χ3n) is 4.15. The quantitative estimate of drug-likeness (QED) is 0.555. The first-order chi connectivity index (χ1) is 13.4. The number of nitrogens with one attached hydrogen (secondary N) is 3. The number of anilines is 3. The summed E-state index contributed by atoms with van der Waals surface area (Å²) in [6, 6.07) is 14.8. The fraction of sp³-hybridized carbons (Fsp3) is 0.190. The van der Waals surface area contributed by atoms with Crippen LogP contribution in [-0.4, -0.2) is 16.9 Å². The molecule has 0 aliphatic heterocycles. The van der Waals surface area contributed by atoms with Gasteiger partial charge in [-0.2, -0.15) is 0 Å². The Balaban J connectivity index is 1.63. The summed E-state index contributed by atoms with van der Waals surface area (Å²) in [7, 11) is 0. The van der Waals surface area contributed by atoms with Crippen molar-refractivity contribution in [3.8, 4) is 0 Å². The van der Waals surface area contributed by atoms with Gasteiger partial charge in [-0.1, -0.05) is 48.1 Å². The topological polar surface area (TPSA) is 83.1 Å². The Morgan fingerprint density at radius 1 is 0.893 bits per heavy atom. The fourth-order valence-corrected chi connectivity index (χ4v) is 3.43. The molecule has 6 nitrogen and oxygen atoms in total. The first-order valence-electron chi connectivity index (χ1n) is 8.97. The van der Waals surface area contributed by atoms with E-state index in [1.807, 2.05) is 55.5 Å². The molecule has 0 atom stereocenters. The molecule has 0 bridgehead atoms. The van der Waals surface area contributed by atoms with Crippen LogP contribution in [0, 0.1) is 13.8 Å². The number of aryl methyl sites for hydroxylation is 3. The monoisotopic (exact) mass is 394 g/mol. The summed E-state index contributed by atoms with van der Waals surface area (Å²) in [6.07, 6.45) is 0.946. The average molecular weight is 395 g/mol. The highest BCUT2D eigenvalue weighted by Gasteiger charge is 2.17. The van der Waals surface area contributed by atoms with Gasteiger partial charge >= 0.3 is 6.03 Å². The molecule has 0 radical (unpaired) electrons. The van der Waals surface area contributed by atoms with Crippen molar-refractivity contribution in [2.75, 3.05) is 16.0 Å². The van der Waals surface area contributed by atoms with Gasteiger partial charge in [0, 0.05) is 11.4 Å². The lowest BCUT2D eigenvalue weighted by Gasteiger charge is -2.05. The first-order valence-corrected chi connectivity index (χ1v) is 9.78. The van der Waals surface area contributed by atoms with E-state index in [1.54, 1.807) is 6.92 Å². The van der Waals surface area contributed by atoms with Crippen LogP contribution in [0.15, 0.2) is 48.5 Å². The van der Waals surface area contributed by atoms with Crippen LogP contribution in [0.3, 0.4) is 0 Å². The number of aromatic nitrogens is 1. The molecule has 1 aromatic heterocycles. The van der Waals surface area contributed by atoms with Gasteiger partial charge in [0.2, 0.25) is 0 Å². The number of amides is 3. The largest absolute Gasteiger partial charge is 0.325 e. The number of rotatable bonds is 5. The highest BCUT2D eigenvalue weighted by atomic mass is 32.1. The third kappa shape index (κ3) is 4.95. The Bertz CT molecular complexity index is 979. The molecule has 3 rings (SSSR count). The van der Waals surface area contributed by atoms with Crippen LogP contribution in [0.1, 0.15) is 33.4 Å². The Kier molecular flexibility index (Phi) is 6.06. The molecule has 0 saturated carbocycles. The lowest BCUT2D eigenvalue weighted by Crippen LogP contribution is -2.19. The molecular formula is C21H22N4O2S. The molecule has 1 heterocycles. The van der Waals surface area contributed by atoms with Gasteiger partial charge in [-0.3, -0.25) is 10.1 Å².